The summed E-state index contributed by atoms with van der Waals surface area (Å²) in [5, 5.41) is 6.52. The molecule has 0 saturated carbocycles. The molecule has 8 heteroatoms. The second-order valence-electron chi connectivity index (χ2n) is 9.27. The summed E-state index contributed by atoms with van der Waals surface area (Å²) in [6, 6.07) is 20.0. The molecule has 37 heavy (non-hydrogen) atoms. The maximum Gasteiger partial charge on any atom is 0.250 e. The van der Waals surface area contributed by atoms with Gasteiger partial charge in [-0.3, -0.25) is 4.79 Å². The molecule has 0 atom stereocenters. The van der Waals surface area contributed by atoms with Crippen molar-refractivity contribution in [2.75, 3.05) is 48.9 Å². The van der Waals surface area contributed by atoms with Gasteiger partial charge in [0.2, 0.25) is 5.56 Å². The molecule has 1 saturated heterocycles. The lowest BCUT2D eigenvalue weighted by molar-refractivity contribution is 0.122. The minimum atomic E-state index is -0.126. The Kier molecular flexibility index (Phi) is 6.24. The first-order valence-electron chi connectivity index (χ1n) is 12.5. The number of rotatable bonds is 6. The van der Waals surface area contributed by atoms with Crippen LogP contribution in [0.3, 0.4) is 0 Å². The quantitative estimate of drug-likeness (QED) is 0.317. The van der Waals surface area contributed by atoms with Gasteiger partial charge in [-0.1, -0.05) is 18.2 Å². The summed E-state index contributed by atoms with van der Waals surface area (Å²) in [4.78, 5) is 22.1. The zero-order chi connectivity index (χ0) is 25.2. The zero-order valence-electron chi connectivity index (χ0n) is 20.7. The van der Waals surface area contributed by atoms with Crippen molar-refractivity contribution in [3.05, 3.63) is 93.9 Å². The van der Waals surface area contributed by atoms with E-state index < -0.39 is 0 Å². The normalized spacial score (nSPS) is 14.4. The third-order valence-corrected chi connectivity index (χ3v) is 6.82. The Morgan fingerprint density at radius 3 is 2.73 bits per heavy atom. The lowest BCUT2D eigenvalue weighted by Gasteiger charge is -2.29. The van der Waals surface area contributed by atoms with Crippen LogP contribution in [0.1, 0.15) is 16.7 Å². The van der Waals surface area contributed by atoms with Gasteiger partial charge in [0, 0.05) is 67.9 Å². The molecule has 0 radical (unpaired) electrons. The van der Waals surface area contributed by atoms with Gasteiger partial charge in [0.15, 0.2) is 0 Å². The predicted octanol–water partition coefficient (Wildman–Crippen LogP) is 4.62. The minimum absolute atomic E-state index is 0.126. The van der Waals surface area contributed by atoms with Crippen LogP contribution in [0.25, 0.3) is 11.3 Å². The third-order valence-electron chi connectivity index (χ3n) is 6.82. The molecule has 0 aliphatic carbocycles. The van der Waals surface area contributed by atoms with Crippen molar-refractivity contribution in [3.63, 3.8) is 0 Å². The summed E-state index contributed by atoms with van der Waals surface area (Å²) < 4.78 is 11.9. The van der Waals surface area contributed by atoms with E-state index in [2.05, 4.69) is 43.7 Å². The van der Waals surface area contributed by atoms with Gasteiger partial charge in [0.1, 0.15) is 17.3 Å². The number of hydrogen-bond donors (Lipinski definition) is 3. The zero-order valence-corrected chi connectivity index (χ0v) is 20.7. The van der Waals surface area contributed by atoms with Crippen LogP contribution >= 0.6 is 0 Å². The Bertz CT molecular complexity index is 1480. The average molecular weight is 496 g/mol. The number of H-pyrrole nitrogens is 1. The second-order valence-corrected chi connectivity index (χ2v) is 9.27. The van der Waals surface area contributed by atoms with Crippen LogP contribution < -0.4 is 25.8 Å². The summed E-state index contributed by atoms with van der Waals surface area (Å²) in [7, 11) is 1.86. The SMILES string of the molecule is CNc1ccc(CNc2ccc3c(c2)Cc2cccc(-c4cc(N5CCOCC5)cc(=O)[nH]4)c2O3)cn1. The molecule has 4 heterocycles. The summed E-state index contributed by atoms with van der Waals surface area (Å²) in [5.74, 6) is 2.48. The van der Waals surface area contributed by atoms with Gasteiger partial charge in [0.05, 0.1) is 18.9 Å². The highest BCUT2D eigenvalue weighted by atomic mass is 16.5. The predicted molar refractivity (Wildman–Crippen MR) is 146 cm³/mol. The molecule has 8 nitrogen and oxygen atoms in total. The Morgan fingerprint density at radius 1 is 1.03 bits per heavy atom. The number of morpholine rings is 1. The van der Waals surface area contributed by atoms with E-state index in [-0.39, 0.29) is 5.56 Å². The molecule has 0 amide bonds. The highest BCUT2D eigenvalue weighted by Gasteiger charge is 2.22. The summed E-state index contributed by atoms with van der Waals surface area (Å²) in [6.07, 6.45) is 2.62. The van der Waals surface area contributed by atoms with Crippen molar-refractivity contribution < 1.29 is 9.47 Å². The number of hydrogen-bond acceptors (Lipinski definition) is 7. The topological polar surface area (TPSA) is 91.5 Å². The number of benzene rings is 2. The van der Waals surface area contributed by atoms with E-state index in [4.69, 9.17) is 9.47 Å². The number of nitrogens with zero attached hydrogens (tertiary/aromatic N) is 2. The number of pyridine rings is 2. The first kappa shape index (κ1) is 23.1. The molecule has 2 aromatic carbocycles. The van der Waals surface area contributed by atoms with Gasteiger partial charge in [-0.05, 0) is 47.5 Å². The molecule has 2 aliphatic heterocycles. The molecule has 0 unspecified atom stereocenters. The van der Waals surface area contributed by atoms with E-state index in [1.807, 2.05) is 49.6 Å². The maximum atomic E-state index is 12.6. The van der Waals surface area contributed by atoms with Crippen LogP contribution in [0.5, 0.6) is 11.5 Å². The summed E-state index contributed by atoms with van der Waals surface area (Å²) >= 11 is 0. The summed E-state index contributed by atoms with van der Waals surface area (Å²) in [6.45, 7) is 3.56. The Labute approximate surface area is 215 Å². The number of para-hydroxylation sites is 1. The number of nitrogens with one attached hydrogen (secondary N) is 3. The number of fused-ring (bicyclic) bond motifs is 2. The van der Waals surface area contributed by atoms with E-state index in [1.165, 1.54) is 0 Å². The van der Waals surface area contributed by atoms with E-state index in [0.717, 1.165) is 76.1 Å². The van der Waals surface area contributed by atoms with E-state index in [1.54, 1.807) is 6.07 Å². The largest absolute Gasteiger partial charge is 0.456 e. The van der Waals surface area contributed by atoms with Gasteiger partial charge in [-0.25, -0.2) is 4.98 Å². The fourth-order valence-corrected chi connectivity index (χ4v) is 4.86. The molecule has 0 spiro atoms. The summed E-state index contributed by atoms with van der Waals surface area (Å²) in [5.41, 5.74) is 6.76. The highest BCUT2D eigenvalue weighted by Crippen LogP contribution is 2.43. The monoisotopic (exact) mass is 495 g/mol. The molecule has 4 aromatic rings. The van der Waals surface area contributed by atoms with Crippen LogP contribution in [-0.4, -0.2) is 43.3 Å². The van der Waals surface area contributed by atoms with Gasteiger partial charge < -0.3 is 30.0 Å². The molecule has 188 valence electrons. The molecule has 2 aliphatic rings. The Morgan fingerprint density at radius 2 is 1.92 bits per heavy atom. The number of ether oxygens (including phenoxy) is 2. The van der Waals surface area contributed by atoms with Crippen LogP contribution in [0.2, 0.25) is 0 Å². The van der Waals surface area contributed by atoms with Crippen LogP contribution in [0, 0.1) is 0 Å². The lowest BCUT2D eigenvalue weighted by atomic mass is 9.96. The third kappa shape index (κ3) is 4.88. The second kappa shape index (κ2) is 9.99. The molecule has 3 N–H and O–H groups in total. The van der Waals surface area contributed by atoms with Gasteiger partial charge in [-0.15, -0.1) is 0 Å². The van der Waals surface area contributed by atoms with E-state index in [9.17, 15) is 4.79 Å². The van der Waals surface area contributed by atoms with Crippen LogP contribution in [-0.2, 0) is 17.7 Å². The fraction of sp³-hybridized carbons (Fsp3) is 0.241. The van der Waals surface area contributed by atoms with Crippen molar-refractivity contribution in [1.82, 2.24) is 9.97 Å². The molecule has 0 bridgehead atoms. The smallest absolute Gasteiger partial charge is 0.250 e. The first-order chi connectivity index (χ1) is 18.2. The van der Waals surface area contributed by atoms with Crippen molar-refractivity contribution in [2.45, 2.75) is 13.0 Å². The van der Waals surface area contributed by atoms with Gasteiger partial charge in [-0.2, -0.15) is 0 Å². The van der Waals surface area contributed by atoms with Gasteiger partial charge in [0.25, 0.3) is 0 Å². The molecule has 6 rings (SSSR count). The van der Waals surface area contributed by atoms with Crippen molar-refractivity contribution in [1.29, 1.82) is 0 Å². The van der Waals surface area contributed by atoms with Crippen molar-refractivity contribution in [3.8, 4) is 22.8 Å². The lowest BCUT2D eigenvalue weighted by Crippen LogP contribution is -2.36. The Balaban J connectivity index is 1.24. The Hall–Kier alpha value is -4.30. The minimum Gasteiger partial charge on any atom is -0.456 e. The number of anilines is 3. The van der Waals surface area contributed by atoms with Crippen molar-refractivity contribution >= 4 is 17.2 Å². The molecular formula is C29H29N5O3. The number of aromatic amines is 1. The highest BCUT2D eigenvalue weighted by molar-refractivity contribution is 5.74. The van der Waals surface area contributed by atoms with Gasteiger partial charge >= 0.3 is 0 Å². The van der Waals surface area contributed by atoms with E-state index in [0.29, 0.717) is 19.8 Å². The molecule has 1 fully saturated rings. The molecular weight excluding hydrogens is 466 g/mol. The van der Waals surface area contributed by atoms with E-state index >= 15 is 0 Å². The fourth-order valence-electron chi connectivity index (χ4n) is 4.86. The van der Waals surface area contributed by atoms with Crippen LogP contribution in [0.15, 0.2) is 71.7 Å². The first-order valence-corrected chi connectivity index (χ1v) is 12.5. The average Bonchev–Trinajstić information content (AvgIpc) is 2.95. The standard InChI is InChI=1S/C29H29N5O3/c1-30-27-8-5-19(18-32-27)17-31-22-6-7-26-21(14-22)13-20-3-2-4-24(29(20)37-26)25-15-23(16-28(35)33-25)34-9-11-36-12-10-34/h2-8,14-16,18,31H,9-13,17H2,1H3,(H,30,32)(H,33,35). The molecule has 2 aromatic heterocycles. The van der Waals surface area contributed by atoms with Crippen molar-refractivity contribution in [2.24, 2.45) is 0 Å². The van der Waals surface area contributed by atoms with Crippen LogP contribution in [0.4, 0.5) is 17.2 Å². The number of aromatic nitrogens is 2. The maximum absolute atomic E-state index is 12.6.